The molecule has 0 bridgehead atoms. The molecule has 32 heavy (non-hydrogen) atoms. The maximum atomic E-state index is 12.9. The molecular weight excluding hydrogens is 449 g/mol. The Kier molecular flexibility index (Phi) is 7.65. The van der Waals surface area contributed by atoms with Gasteiger partial charge in [-0.3, -0.25) is 4.79 Å². The van der Waals surface area contributed by atoms with Gasteiger partial charge in [0.05, 0.1) is 36.4 Å². The second kappa shape index (κ2) is 10.2. The lowest BCUT2D eigenvalue weighted by Crippen LogP contribution is -2.38. The van der Waals surface area contributed by atoms with Crippen molar-refractivity contribution in [2.45, 2.75) is 37.9 Å². The Hall–Kier alpha value is -2.75. The average molecular weight is 473 g/mol. The van der Waals surface area contributed by atoms with E-state index in [0.717, 1.165) is 31.0 Å². The number of amides is 1. The number of methoxy groups -OCH3 is 2. The monoisotopic (exact) mass is 472 g/mol. The van der Waals surface area contributed by atoms with Gasteiger partial charge in [-0.25, -0.2) is 0 Å². The van der Waals surface area contributed by atoms with Crippen LogP contribution in [0.15, 0.2) is 24.3 Å². The van der Waals surface area contributed by atoms with Crippen molar-refractivity contribution in [1.82, 2.24) is 15.3 Å². The van der Waals surface area contributed by atoms with Gasteiger partial charge < -0.3 is 20.1 Å². The van der Waals surface area contributed by atoms with Gasteiger partial charge in [0.1, 0.15) is 0 Å². The molecule has 1 aromatic heterocycles. The number of carbonyl (C=O) groups excluding carboxylic acids is 1. The molecule has 1 aliphatic rings. The number of rotatable bonds is 7. The lowest BCUT2D eigenvalue weighted by atomic mass is 9.86. The molecular formula is C21H24ClF3N4O3. The highest BCUT2D eigenvalue weighted by Gasteiger charge is 2.32. The highest BCUT2D eigenvalue weighted by atomic mass is 35.5. The first-order valence-corrected chi connectivity index (χ1v) is 10.5. The number of alkyl halides is 3. The summed E-state index contributed by atoms with van der Waals surface area (Å²) in [6, 6.07) is 4.19. The van der Waals surface area contributed by atoms with E-state index in [2.05, 4.69) is 20.6 Å². The third-order valence-electron chi connectivity index (χ3n) is 5.37. The van der Waals surface area contributed by atoms with Crippen LogP contribution in [0.3, 0.4) is 0 Å². The van der Waals surface area contributed by atoms with Crippen molar-refractivity contribution >= 4 is 23.5 Å². The minimum Gasteiger partial charge on any atom is -0.481 e. The highest BCUT2D eigenvalue weighted by Crippen LogP contribution is 2.32. The number of halogens is 4. The molecule has 0 aliphatic heterocycles. The van der Waals surface area contributed by atoms with Crippen LogP contribution >= 0.6 is 11.6 Å². The van der Waals surface area contributed by atoms with Crippen LogP contribution in [-0.2, 0) is 6.18 Å². The van der Waals surface area contributed by atoms with Crippen LogP contribution in [0.4, 0.5) is 19.1 Å². The number of aromatic nitrogens is 2. The maximum Gasteiger partial charge on any atom is 0.416 e. The molecule has 1 aliphatic carbocycles. The van der Waals surface area contributed by atoms with Gasteiger partial charge in [0.15, 0.2) is 0 Å². The molecule has 2 N–H and O–H groups in total. The van der Waals surface area contributed by atoms with E-state index in [9.17, 15) is 18.0 Å². The SMILES string of the molecule is COc1cc(OC)nc(NC[C@H]2CC[C@H](NC(=O)c3cc(C(F)(F)F)ccc3Cl)CC2)n1. The highest BCUT2D eigenvalue weighted by molar-refractivity contribution is 6.33. The van der Waals surface area contributed by atoms with Crippen LogP contribution < -0.4 is 20.1 Å². The fraction of sp³-hybridized carbons (Fsp3) is 0.476. The zero-order valence-corrected chi connectivity index (χ0v) is 18.4. The first-order valence-electron chi connectivity index (χ1n) is 10.1. The van der Waals surface area contributed by atoms with E-state index in [1.165, 1.54) is 14.2 Å². The third kappa shape index (κ3) is 6.15. The number of ether oxygens (including phenoxy) is 2. The first kappa shape index (κ1) is 23.9. The molecule has 3 rings (SSSR count). The number of hydrogen-bond donors (Lipinski definition) is 2. The first-order chi connectivity index (χ1) is 15.2. The number of carbonyl (C=O) groups is 1. The minimum absolute atomic E-state index is 0.0119. The Morgan fingerprint density at radius 2 is 1.72 bits per heavy atom. The van der Waals surface area contributed by atoms with Crippen molar-refractivity contribution < 1.29 is 27.4 Å². The van der Waals surface area contributed by atoms with Gasteiger partial charge in [0.25, 0.3) is 5.91 Å². The van der Waals surface area contributed by atoms with Crippen molar-refractivity contribution in [3.63, 3.8) is 0 Å². The standard InChI is InChI=1S/C21H24ClF3N4O3/c1-31-17-10-18(32-2)29-20(28-17)26-11-12-3-6-14(7-4-12)27-19(30)15-9-13(21(23,24)25)5-8-16(15)22/h5,8-10,12,14H,3-4,6-7,11H2,1-2H3,(H,27,30)(H,26,28,29)/t12-,14-. The topological polar surface area (TPSA) is 85.4 Å². The normalized spacial score (nSPS) is 18.7. The summed E-state index contributed by atoms with van der Waals surface area (Å²) < 4.78 is 49.1. The van der Waals surface area contributed by atoms with Crippen molar-refractivity contribution in [3.8, 4) is 11.8 Å². The number of nitrogens with zero attached hydrogens (tertiary/aromatic N) is 2. The van der Waals surface area contributed by atoms with E-state index in [0.29, 0.717) is 43.0 Å². The predicted molar refractivity (Wildman–Crippen MR) is 113 cm³/mol. The zero-order valence-electron chi connectivity index (χ0n) is 17.6. The summed E-state index contributed by atoms with van der Waals surface area (Å²) in [5, 5.41) is 5.98. The van der Waals surface area contributed by atoms with E-state index in [4.69, 9.17) is 21.1 Å². The Balaban J connectivity index is 1.52. The van der Waals surface area contributed by atoms with E-state index >= 15 is 0 Å². The van der Waals surface area contributed by atoms with Gasteiger partial charge in [0, 0.05) is 12.6 Å². The molecule has 0 unspecified atom stereocenters. The van der Waals surface area contributed by atoms with E-state index < -0.39 is 17.6 Å². The number of nitrogens with one attached hydrogen (secondary N) is 2. The number of hydrogen-bond acceptors (Lipinski definition) is 6. The van der Waals surface area contributed by atoms with Crippen molar-refractivity contribution in [1.29, 1.82) is 0 Å². The maximum absolute atomic E-state index is 12.9. The van der Waals surface area contributed by atoms with Crippen LogP contribution in [0.2, 0.25) is 5.02 Å². The van der Waals surface area contributed by atoms with Crippen molar-refractivity contribution in [2.24, 2.45) is 5.92 Å². The van der Waals surface area contributed by atoms with E-state index in [-0.39, 0.29) is 16.6 Å². The molecule has 1 amide bonds. The summed E-state index contributed by atoms with van der Waals surface area (Å²) in [6.07, 6.45) is -1.47. The molecule has 0 saturated heterocycles. The van der Waals surface area contributed by atoms with E-state index in [1.807, 2.05) is 0 Å². The van der Waals surface area contributed by atoms with Crippen molar-refractivity contribution in [2.75, 3.05) is 26.1 Å². The Labute approximate surface area is 188 Å². The van der Waals surface area contributed by atoms with Crippen LogP contribution in [0.25, 0.3) is 0 Å². The largest absolute Gasteiger partial charge is 0.481 e. The fourth-order valence-corrected chi connectivity index (χ4v) is 3.78. The Bertz CT molecular complexity index is 928. The summed E-state index contributed by atoms with van der Waals surface area (Å²) in [4.78, 5) is 21.0. The summed E-state index contributed by atoms with van der Waals surface area (Å²) in [5.74, 6) is 0.912. The molecule has 1 fully saturated rings. The second-order valence-electron chi connectivity index (χ2n) is 7.54. The average Bonchev–Trinajstić information content (AvgIpc) is 2.77. The number of anilines is 1. The molecule has 1 saturated carbocycles. The molecule has 0 radical (unpaired) electrons. The summed E-state index contributed by atoms with van der Waals surface area (Å²) in [5.41, 5.74) is -1.08. The third-order valence-corrected chi connectivity index (χ3v) is 5.70. The lowest BCUT2D eigenvalue weighted by molar-refractivity contribution is -0.137. The smallest absolute Gasteiger partial charge is 0.416 e. The molecule has 0 atom stereocenters. The fourth-order valence-electron chi connectivity index (χ4n) is 3.58. The Morgan fingerprint density at radius 3 is 2.28 bits per heavy atom. The van der Waals surface area contributed by atoms with Gasteiger partial charge >= 0.3 is 6.18 Å². The summed E-state index contributed by atoms with van der Waals surface area (Å²) in [6.45, 7) is 0.635. The van der Waals surface area contributed by atoms with Gasteiger partial charge in [-0.15, -0.1) is 0 Å². The molecule has 1 aromatic carbocycles. The van der Waals surface area contributed by atoms with Gasteiger partial charge in [-0.2, -0.15) is 23.1 Å². The molecule has 2 aromatic rings. The number of benzene rings is 1. The lowest BCUT2D eigenvalue weighted by Gasteiger charge is -2.29. The second-order valence-corrected chi connectivity index (χ2v) is 7.95. The molecule has 0 spiro atoms. The van der Waals surface area contributed by atoms with Crippen molar-refractivity contribution in [3.05, 3.63) is 40.4 Å². The zero-order chi connectivity index (χ0) is 23.3. The summed E-state index contributed by atoms with van der Waals surface area (Å²) in [7, 11) is 3.02. The molecule has 7 nitrogen and oxygen atoms in total. The molecule has 174 valence electrons. The quantitative estimate of drug-likeness (QED) is 0.614. The molecule has 11 heteroatoms. The minimum atomic E-state index is -4.54. The predicted octanol–water partition coefficient (Wildman–Crippen LogP) is 4.57. The van der Waals surface area contributed by atoms with Gasteiger partial charge in [-0.05, 0) is 49.8 Å². The summed E-state index contributed by atoms with van der Waals surface area (Å²) >= 11 is 5.96. The molecule has 1 heterocycles. The van der Waals surface area contributed by atoms with Crippen LogP contribution in [0.5, 0.6) is 11.8 Å². The van der Waals surface area contributed by atoms with Crippen LogP contribution in [0.1, 0.15) is 41.6 Å². The van der Waals surface area contributed by atoms with Crippen LogP contribution in [-0.4, -0.2) is 42.7 Å². The Morgan fingerprint density at radius 1 is 1.09 bits per heavy atom. The van der Waals surface area contributed by atoms with Gasteiger partial charge in [0.2, 0.25) is 17.7 Å². The van der Waals surface area contributed by atoms with Crippen LogP contribution in [0, 0.1) is 5.92 Å². The van der Waals surface area contributed by atoms with Gasteiger partial charge in [-0.1, -0.05) is 11.6 Å². The van der Waals surface area contributed by atoms with E-state index in [1.54, 1.807) is 6.07 Å².